The van der Waals surface area contributed by atoms with Gasteiger partial charge < -0.3 is 10.1 Å². The largest absolute Gasteiger partial charge is 0.473 e. The van der Waals surface area contributed by atoms with E-state index < -0.39 is 22.2 Å². The lowest BCUT2D eigenvalue weighted by Crippen LogP contribution is -2.23. The lowest BCUT2D eigenvalue weighted by atomic mass is 10.1. The first kappa shape index (κ1) is 20.4. The van der Waals surface area contributed by atoms with Gasteiger partial charge in [0.15, 0.2) is 6.73 Å². The molecular formula is C25H19N3O5. The first-order valence-corrected chi connectivity index (χ1v) is 10.3. The molecule has 8 heteroatoms. The van der Waals surface area contributed by atoms with Gasteiger partial charge in [0, 0.05) is 12.7 Å². The molecule has 33 heavy (non-hydrogen) atoms. The van der Waals surface area contributed by atoms with E-state index in [1.54, 1.807) is 24.3 Å². The van der Waals surface area contributed by atoms with E-state index in [9.17, 15) is 19.2 Å². The van der Waals surface area contributed by atoms with Crippen molar-refractivity contribution in [2.24, 2.45) is 7.05 Å². The first-order valence-electron chi connectivity index (χ1n) is 10.3. The number of nitrogens with zero attached hydrogens (tertiary/aromatic N) is 2. The average molecular weight is 441 g/mol. The molecule has 0 aliphatic heterocycles. The van der Waals surface area contributed by atoms with Gasteiger partial charge >= 0.3 is 0 Å². The predicted molar refractivity (Wildman–Crippen MR) is 128 cm³/mol. The Bertz CT molecular complexity index is 1640. The number of aryl methyl sites for hydroxylation is 1. The summed E-state index contributed by atoms with van der Waals surface area (Å²) in [4.78, 5) is 50.5. The van der Waals surface area contributed by atoms with Gasteiger partial charge in [-0.05, 0) is 55.5 Å². The summed E-state index contributed by atoms with van der Waals surface area (Å²) in [5.74, 6) is 0.741. The van der Waals surface area contributed by atoms with Gasteiger partial charge in [-0.2, -0.15) is 0 Å². The summed E-state index contributed by atoms with van der Waals surface area (Å²) >= 11 is 0. The van der Waals surface area contributed by atoms with E-state index in [4.69, 9.17) is 4.74 Å². The normalized spacial score (nSPS) is 11.3. The van der Waals surface area contributed by atoms with E-state index in [0.717, 1.165) is 26.1 Å². The fourth-order valence-electron chi connectivity index (χ4n) is 3.89. The third-order valence-corrected chi connectivity index (χ3v) is 5.76. The van der Waals surface area contributed by atoms with E-state index >= 15 is 0 Å². The van der Waals surface area contributed by atoms with Gasteiger partial charge in [-0.1, -0.05) is 17.7 Å². The van der Waals surface area contributed by atoms with Crippen LogP contribution >= 0.6 is 0 Å². The van der Waals surface area contributed by atoms with Crippen molar-refractivity contribution in [1.29, 1.82) is 0 Å². The SMILES string of the molecule is Cc1ccc(OCNc2ccc(-n3c(=O)c4cc5c(=O)n(C)c(=O)c5cc4c3=O)cc2)cc1. The lowest BCUT2D eigenvalue weighted by Gasteiger charge is -2.10. The van der Waals surface area contributed by atoms with Crippen molar-refractivity contribution in [1.82, 2.24) is 9.13 Å². The highest BCUT2D eigenvalue weighted by molar-refractivity contribution is 5.98. The minimum Gasteiger partial charge on any atom is -0.473 e. The van der Waals surface area contributed by atoms with Gasteiger partial charge in [0.25, 0.3) is 22.2 Å². The number of hydrogen-bond donors (Lipinski definition) is 1. The number of anilines is 1. The van der Waals surface area contributed by atoms with Crippen molar-refractivity contribution in [2.75, 3.05) is 12.0 Å². The van der Waals surface area contributed by atoms with Crippen molar-refractivity contribution < 1.29 is 4.74 Å². The van der Waals surface area contributed by atoms with Crippen molar-refractivity contribution >= 4 is 27.2 Å². The Morgan fingerprint density at radius 1 is 0.727 bits per heavy atom. The minimum absolute atomic E-state index is 0.115. The molecule has 0 atom stereocenters. The molecule has 0 aliphatic carbocycles. The van der Waals surface area contributed by atoms with Gasteiger partial charge in [-0.25, -0.2) is 4.57 Å². The molecule has 0 aliphatic rings. The molecule has 3 aromatic carbocycles. The predicted octanol–water partition coefficient (Wildman–Crippen LogP) is 2.20. The molecule has 5 aromatic rings. The number of rotatable bonds is 5. The molecule has 0 amide bonds. The highest BCUT2D eigenvalue weighted by Gasteiger charge is 2.19. The highest BCUT2D eigenvalue weighted by atomic mass is 16.5. The third kappa shape index (κ3) is 3.32. The highest BCUT2D eigenvalue weighted by Crippen LogP contribution is 2.17. The zero-order valence-electron chi connectivity index (χ0n) is 17.9. The van der Waals surface area contributed by atoms with Crippen LogP contribution < -0.4 is 32.3 Å². The summed E-state index contributed by atoms with van der Waals surface area (Å²) in [6.45, 7) is 2.25. The molecule has 8 nitrogen and oxygen atoms in total. The van der Waals surface area contributed by atoms with Crippen LogP contribution in [-0.2, 0) is 7.05 Å². The number of benzene rings is 3. The molecule has 0 fully saturated rings. The molecule has 1 N–H and O–H groups in total. The summed E-state index contributed by atoms with van der Waals surface area (Å²) in [5, 5.41) is 3.62. The molecule has 2 heterocycles. The maximum Gasteiger partial charge on any atom is 0.266 e. The van der Waals surface area contributed by atoms with Gasteiger partial charge in [-0.3, -0.25) is 23.7 Å². The van der Waals surface area contributed by atoms with Crippen LogP contribution in [0.4, 0.5) is 5.69 Å². The molecule has 0 bridgehead atoms. The fraction of sp³-hybridized carbons (Fsp3) is 0.120. The Balaban J connectivity index is 1.44. The van der Waals surface area contributed by atoms with Crippen LogP contribution in [0.1, 0.15) is 5.56 Å². The fourth-order valence-corrected chi connectivity index (χ4v) is 3.89. The summed E-state index contributed by atoms with van der Waals surface area (Å²) in [6.07, 6.45) is 0. The van der Waals surface area contributed by atoms with Crippen LogP contribution in [0.5, 0.6) is 5.75 Å². The molecule has 164 valence electrons. The van der Waals surface area contributed by atoms with E-state index in [-0.39, 0.29) is 28.3 Å². The Morgan fingerprint density at radius 3 is 1.79 bits per heavy atom. The van der Waals surface area contributed by atoms with Crippen LogP contribution in [0, 0.1) is 6.92 Å². The Labute approximate surface area is 186 Å². The molecule has 0 spiro atoms. The van der Waals surface area contributed by atoms with Gasteiger partial charge in [0.05, 0.1) is 27.2 Å². The van der Waals surface area contributed by atoms with E-state index in [2.05, 4.69) is 5.32 Å². The lowest BCUT2D eigenvalue weighted by molar-refractivity contribution is 0.347. The Kier molecular flexibility index (Phi) is 4.70. The zero-order valence-corrected chi connectivity index (χ0v) is 17.9. The molecule has 0 saturated heterocycles. The molecule has 0 unspecified atom stereocenters. The Hall–Kier alpha value is -4.46. The molecule has 0 saturated carbocycles. The maximum absolute atomic E-state index is 13.0. The maximum atomic E-state index is 13.0. The zero-order chi connectivity index (χ0) is 23.3. The standard InChI is InChI=1S/C25H19N3O5/c1-14-3-9-17(10-4-14)33-13-26-15-5-7-16(8-6-15)28-24(31)20-11-18-19(12-21(20)25(28)32)23(30)27(2)22(18)29/h3-12,26H,13H2,1-2H3. The number of fused-ring (bicyclic) bond motifs is 2. The smallest absolute Gasteiger partial charge is 0.266 e. The van der Waals surface area contributed by atoms with Gasteiger partial charge in [0.2, 0.25) is 0 Å². The van der Waals surface area contributed by atoms with Crippen molar-refractivity contribution in [3.63, 3.8) is 0 Å². The van der Waals surface area contributed by atoms with E-state index in [0.29, 0.717) is 5.69 Å². The van der Waals surface area contributed by atoms with Crippen LogP contribution in [0.15, 0.2) is 79.8 Å². The van der Waals surface area contributed by atoms with Gasteiger partial charge in [0.1, 0.15) is 5.75 Å². The molecule has 5 rings (SSSR count). The monoisotopic (exact) mass is 441 g/mol. The van der Waals surface area contributed by atoms with Crippen LogP contribution in [0.25, 0.3) is 27.2 Å². The minimum atomic E-state index is -0.531. The van der Waals surface area contributed by atoms with E-state index in [1.807, 2.05) is 31.2 Å². The number of nitrogens with one attached hydrogen (secondary N) is 1. The van der Waals surface area contributed by atoms with Crippen molar-refractivity contribution in [2.45, 2.75) is 6.92 Å². The number of aromatic nitrogens is 2. The van der Waals surface area contributed by atoms with Gasteiger partial charge in [-0.15, -0.1) is 0 Å². The number of hydrogen-bond acceptors (Lipinski definition) is 6. The topological polar surface area (TPSA) is 99.4 Å². The Morgan fingerprint density at radius 2 is 1.24 bits per heavy atom. The van der Waals surface area contributed by atoms with Crippen LogP contribution in [0.3, 0.4) is 0 Å². The van der Waals surface area contributed by atoms with Crippen LogP contribution in [-0.4, -0.2) is 15.9 Å². The summed E-state index contributed by atoms with van der Waals surface area (Å²) in [6, 6.07) is 17.1. The summed E-state index contributed by atoms with van der Waals surface area (Å²) in [7, 11) is 1.37. The quantitative estimate of drug-likeness (QED) is 0.420. The van der Waals surface area contributed by atoms with E-state index in [1.165, 1.54) is 19.2 Å². The first-order chi connectivity index (χ1) is 15.8. The van der Waals surface area contributed by atoms with Crippen molar-refractivity contribution in [3.05, 3.63) is 108 Å². The van der Waals surface area contributed by atoms with Crippen molar-refractivity contribution in [3.8, 4) is 11.4 Å². The molecular weight excluding hydrogens is 422 g/mol. The second-order valence-corrected chi connectivity index (χ2v) is 7.88. The summed E-state index contributed by atoms with van der Waals surface area (Å²) < 4.78 is 7.67. The summed E-state index contributed by atoms with van der Waals surface area (Å²) in [5.41, 5.74) is 0.252. The number of ether oxygens (including phenoxy) is 1. The van der Waals surface area contributed by atoms with Crippen LogP contribution in [0.2, 0.25) is 0 Å². The third-order valence-electron chi connectivity index (χ3n) is 5.76. The molecule has 0 radical (unpaired) electrons. The second kappa shape index (κ2) is 7.59. The average Bonchev–Trinajstić information content (AvgIpc) is 3.19. The molecule has 2 aromatic heterocycles. The second-order valence-electron chi connectivity index (χ2n) is 7.88.